The molecule has 10 aromatic heterocycles. The van der Waals surface area contributed by atoms with E-state index in [0.29, 0.717) is 114 Å². The van der Waals surface area contributed by atoms with Crippen molar-refractivity contribution in [2.45, 2.75) is 125 Å². The fourth-order valence-electron chi connectivity index (χ4n) is 18.0. The quantitative estimate of drug-likeness (QED) is 0.0210. The van der Waals surface area contributed by atoms with Crippen molar-refractivity contribution >= 4 is 115 Å². The highest BCUT2D eigenvalue weighted by atomic mass is 16.5. The molecule has 13 N–H and O–H groups in total. The van der Waals surface area contributed by atoms with Crippen LogP contribution < -0.4 is 60.5 Å². The lowest BCUT2D eigenvalue weighted by molar-refractivity contribution is 0.201. The van der Waals surface area contributed by atoms with Crippen LogP contribution in [0.4, 0.5) is 5.69 Å². The van der Waals surface area contributed by atoms with Gasteiger partial charge in [-0.15, -0.1) is 12.8 Å². The number of likely N-dealkylation sites (tertiary alicyclic amines) is 1. The van der Waals surface area contributed by atoms with Gasteiger partial charge >= 0.3 is 0 Å². The monoisotopic (exact) mass is 1770 g/mol. The van der Waals surface area contributed by atoms with Gasteiger partial charge in [-0.2, -0.15) is 30.8 Å². The van der Waals surface area contributed by atoms with E-state index in [9.17, 15) is 24.0 Å². The normalized spacial score (nSPS) is 13.2. The van der Waals surface area contributed by atoms with E-state index in [-0.39, 0.29) is 27.8 Å². The molecule has 0 aliphatic carbocycles. The van der Waals surface area contributed by atoms with Gasteiger partial charge in [0.1, 0.15) is 27.6 Å². The number of aromatic nitrogens is 15. The van der Waals surface area contributed by atoms with E-state index in [4.69, 9.17) is 40.0 Å². The number of anilines is 1. The second-order valence-corrected chi connectivity index (χ2v) is 33.9. The summed E-state index contributed by atoms with van der Waals surface area (Å²) in [6.07, 6.45) is 20.4. The van der Waals surface area contributed by atoms with Crippen LogP contribution in [0.15, 0.2) is 163 Å². The summed E-state index contributed by atoms with van der Waals surface area (Å²) in [7, 11) is 7.65. The van der Waals surface area contributed by atoms with Crippen molar-refractivity contribution in [3.8, 4) is 64.9 Å². The molecule has 0 radical (unpaired) electrons. The molecular formula is C103H113N23O6. The molecular weight excluding hydrogens is 1660 g/mol. The topological polar surface area (TPSA) is 395 Å². The van der Waals surface area contributed by atoms with Crippen molar-refractivity contribution in [3.05, 3.63) is 242 Å². The zero-order valence-electron chi connectivity index (χ0n) is 76.2. The average molecular weight is 1770 g/mol. The molecule has 29 nitrogen and oxygen atoms in total. The first kappa shape index (κ1) is 92.3. The lowest BCUT2D eigenvalue weighted by Crippen LogP contribution is -2.35. The standard InChI is InChI=1S/C24H31N5O2.C22H25N5O.C21H19N5O.C19H20N4O.C17H18N4O/c1-25-11-6-15-29-21-9-8-18(7-5-14-28-12-3-4-13-28)17-19(21)23-22(24(29)30)20(26-27-23)10-16-31-2;1-14-20-21(25-24-14)18-13-16(15-5-8-17(9-6-15)26(2)3)7-10-19(18)27(22(20)28)12-4-11-23;1-13-19-20(25-24-13)17-11-16(15-5-3-14(12-23)4-6-15)7-8-18(17)26(21(19)27)10-2-9-22;1-3-13-6-7-16-15(9-13)18-17(12(2)21-22-18)19(24)23(16)11-14-5-4-8-20-10-14;1-3-11-6-7-14-12(10-11)16-15(13(4-2)19-20-16)17(22)21(14)9-5-8-18/h8-9,17,25H,3-4,6,10-16H2,1-2H3,(H,26,27);5-10,13H,4,11-12,23H2,1-3H3,(H,24,25);3-8,11H,2,9-10,22H2,1H3,(H,24,25);1,6-7,9,14,20H,4-5,8,10-11H2,2H3,(H,21,22);1,6-7,10H,4-5,8-9,18H2,2H3,(H,19,20)/t;;;14-;/m...0./s1. The van der Waals surface area contributed by atoms with Crippen LogP contribution >= 0.6 is 0 Å². The third-order valence-corrected chi connectivity index (χ3v) is 25.0. The molecule has 1 atom stereocenters. The number of rotatable bonds is 23. The molecule has 0 spiro atoms. The van der Waals surface area contributed by atoms with E-state index < -0.39 is 0 Å². The molecule has 12 heterocycles. The zero-order valence-corrected chi connectivity index (χ0v) is 76.2. The minimum absolute atomic E-state index is 0.00586. The number of pyridine rings is 5. The molecule has 0 saturated carbocycles. The van der Waals surface area contributed by atoms with Crippen molar-refractivity contribution in [2.24, 2.45) is 23.1 Å². The van der Waals surface area contributed by atoms with E-state index >= 15 is 0 Å². The number of methoxy groups -OCH3 is 1. The van der Waals surface area contributed by atoms with Crippen LogP contribution in [0.25, 0.3) is 131 Å². The number of terminal acetylenes is 2. The minimum Gasteiger partial charge on any atom is -0.384 e. The maximum atomic E-state index is 13.4. The number of piperidine rings is 1. The van der Waals surface area contributed by atoms with Gasteiger partial charge in [-0.1, -0.05) is 67.0 Å². The third kappa shape index (κ3) is 19.2. The summed E-state index contributed by atoms with van der Waals surface area (Å²) in [6.45, 7) is 18.9. The molecule has 17 aromatic rings. The minimum atomic E-state index is -0.0386. The molecule has 2 saturated heterocycles. The summed E-state index contributed by atoms with van der Waals surface area (Å²) in [6, 6.07) is 47.8. The summed E-state index contributed by atoms with van der Waals surface area (Å²) in [5.41, 5.74) is 37.5. The molecule has 29 heteroatoms. The van der Waals surface area contributed by atoms with Gasteiger partial charge in [0.15, 0.2) is 0 Å². The number of ether oxygens (including phenoxy) is 1. The first-order valence-electron chi connectivity index (χ1n) is 45.2. The molecule has 2 aliphatic heterocycles. The lowest BCUT2D eigenvalue weighted by atomic mass is 9.99. The predicted octanol–water partition coefficient (Wildman–Crippen LogP) is 12.4. The SMILES string of the molecule is C#Cc1ccc2c(c1)c1n[nH]c(C)c1c(=O)n2C[C@H]1CCCNC1.C#Cc1ccc2c(c1)c1n[nH]c(CC)c1c(=O)n2CCCN.CNCCCn1c(=O)c2c(CCOC)[nH]nc2c2cc(C#CCN3CCCC3)ccc21.Cc1[nH]nc2c1c(=O)n(CCCN)c1ccc(-c3ccc(C#N)cc3)cc21.Cc1[nH]nc2c1c(=O)n(CCCN)c1ccc(-c3ccc(N(C)C)cc3)cc21. The van der Waals surface area contributed by atoms with Gasteiger partial charge < -0.3 is 60.3 Å². The lowest BCUT2D eigenvalue weighted by Gasteiger charge is -2.24. The van der Waals surface area contributed by atoms with Crippen LogP contribution in [0.3, 0.4) is 0 Å². The summed E-state index contributed by atoms with van der Waals surface area (Å²) in [5, 5.41) is 60.5. The van der Waals surface area contributed by atoms with Crippen LogP contribution in [-0.2, 0) is 50.3 Å². The molecule has 2 aliphatic rings. The largest absolute Gasteiger partial charge is 0.384 e. The summed E-state index contributed by atoms with van der Waals surface area (Å²) in [5.74, 6) is 12.4. The van der Waals surface area contributed by atoms with E-state index in [1.54, 1.807) is 28.4 Å². The number of fused-ring (bicyclic) bond motifs is 15. The van der Waals surface area contributed by atoms with Crippen molar-refractivity contribution in [1.29, 1.82) is 5.26 Å². The Morgan fingerprint density at radius 3 is 1.33 bits per heavy atom. The molecule has 19 rings (SSSR count). The van der Waals surface area contributed by atoms with E-state index in [1.807, 2.05) is 141 Å². The third-order valence-electron chi connectivity index (χ3n) is 25.0. The Hall–Kier alpha value is -14.4. The van der Waals surface area contributed by atoms with Crippen molar-refractivity contribution in [3.63, 3.8) is 0 Å². The fraction of sp³-hybridized carbons (Fsp3) is 0.330. The van der Waals surface area contributed by atoms with Crippen LogP contribution in [0, 0.1) is 74.5 Å². The maximum absolute atomic E-state index is 13.4. The molecule has 676 valence electrons. The van der Waals surface area contributed by atoms with Crippen LogP contribution in [0.2, 0.25) is 0 Å². The predicted molar refractivity (Wildman–Crippen MR) is 532 cm³/mol. The smallest absolute Gasteiger partial charge is 0.262 e. The van der Waals surface area contributed by atoms with E-state index in [1.165, 1.54) is 12.8 Å². The number of nitrogens with zero attached hydrogens (tertiary/aromatic N) is 13. The number of aryl methyl sites for hydroxylation is 8. The number of nitriles is 1. The van der Waals surface area contributed by atoms with Gasteiger partial charge in [0, 0.05) is 132 Å². The zero-order chi connectivity index (χ0) is 92.8. The Labute approximate surface area is 763 Å². The highest BCUT2D eigenvalue weighted by molar-refractivity contribution is 6.09. The van der Waals surface area contributed by atoms with Gasteiger partial charge in [-0.05, 0) is 269 Å². The van der Waals surface area contributed by atoms with Gasteiger partial charge in [-0.25, -0.2) is 0 Å². The van der Waals surface area contributed by atoms with Gasteiger partial charge in [0.2, 0.25) is 0 Å². The Bertz CT molecular complexity index is 7660. The number of aromatic amines is 5. The average Bonchev–Trinajstić information content (AvgIpc) is 1.58. The number of nitrogens with one attached hydrogen (secondary N) is 7. The number of nitrogens with two attached hydrogens (primary N) is 3. The van der Waals surface area contributed by atoms with Crippen molar-refractivity contribution < 1.29 is 4.74 Å². The second kappa shape index (κ2) is 42.0. The van der Waals surface area contributed by atoms with Crippen molar-refractivity contribution in [1.82, 2.24) is 89.4 Å². The highest BCUT2D eigenvalue weighted by Gasteiger charge is 2.25. The number of hydrogen-bond acceptors (Lipinski definition) is 19. The first-order chi connectivity index (χ1) is 64.3. The summed E-state index contributed by atoms with van der Waals surface area (Å²) >= 11 is 0. The number of hydrogen-bond donors (Lipinski definition) is 10. The molecule has 132 heavy (non-hydrogen) atoms. The summed E-state index contributed by atoms with van der Waals surface area (Å²) in [4.78, 5) is 69.9. The van der Waals surface area contributed by atoms with Crippen LogP contribution in [0.5, 0.6) is 0 Å². The van der Waals surface area contributed by atoms with Crippen LogP contribution in [0.1, 0.15) is 109 Å². The maximum Gasteiger partial charge on any atom is 0.262 e. The number of benzene rings is 7. The highest BCUT2D eigenvalue weighted by Crippen LogP contribution is 2.34. The molecule has 7 aromatic carbocycles. The second-order valence-electron chi connectivity index (χ2n) is 33.9. The molecule has 0 bridgehead atoms. The van der Waals surface area contributed by atoms with Gasteiger partial charge in [0.25, 0.3) is 27.8 Å². The molecule has 0 amide bonds. The first-order valence-corrected chi connectivity index (χ1v) is 45.2. The number of H-pyrrole nitrogens is 5. The van der Waals surface area contributed by atoms with E-state index in [2.05, 4.69) is 150 Å². The van der Waals surface area contributed by atoms with Crippen LogP contribution in [-0.4, -0.2) is 172 Å². The van der Waals surface area contributed by atoms with E-state index in [0.717, 1.165) is 229 Å². The summed E-state index contributed by atoms with van der Waals surface area (Å²) < 4.78 is 14.4. The Balaban J connectivity index is 0.000000127. The van der Waals surface area contributed by atoms with Crippen molar-refractivity contribution in [2.75, 3.05) is 98.7 Å². The van der Waals surface area contributed by atoms with Gasteiger partial charge in [0.05, 0.1) is 85.0 Å². The Kier molecular flexibility index (Phi) is 29.4. The molecule has 2 fully saturated rings. The Morgan fingerprint density at radius 2 is 0.886 bits per heavy atom. The fourth-order valence-corrected chi connectivity index (χ4v) is 18.0. The Morgan fingerprint density at radius 1 is 0.492 bits per heavy atom. The van der Waals surface area contributed by atoms with Gasteiger partial charge in [-0.3, -0.25) is 54.4 Å². The molecule has 0 unspecified atom stereocenters.